The van der Waals surface area contributed by atoms with Crippen LogP contribution in [0, 0.1) is 0 Å². The molecule has 2 aromatic heterocycles. The normalized spacial score (nSPS) is 11.8. The lowest BCUT2D eigenvalue weighted by atomic mass is 9.90. The van der Waals surface area contributed by atoms with Crippen LogP contribution in [0.5, 0.6) is 0 Å². The third-order valence-electron chi connectivity index (χ3n) is 13.8. The first-order valence-electron chi connectivity index (χ1n) is 23.2. The molecule has 0 spiro atoms. The van der Waals surface area contributed by atoms with Crippen molar-refractivity contribution in [3.63, 3.8) is 0 Å². The molecular formula is C64H40N2O2. The highest BCUT2D eigenvalue weighted by molar-refractivity contribution is 6.32. The first-order valence-corrected chi connectivity index (χ1v) is 23.2. The molecule has 0 N–H and O–H groups in total. The van der Waals surface area contributed by atoms with Crippen molar-refractivity contribution in [3.8, 4) is 11.1 Å². The van der Waals surface area contributed by atoms with E-state index in [1.807, 2.05) is 18.2 Å². The van der Waals surface area contributed by atoms with Gasteiger partial charge in [0.25, 0.3) is 0 Å². The summed E-state index contributed by atoms with van der Waals surface area (Å²) in [6, 6.07) is 87.0. The number of hydrogen-bond donors (Lipinski definition) is 0. The summed E-state index contributed by atoms with van der Waals surface area (Å²) >= 11 is 0. The number of rotatable bonds is 7. The van der Waals surface area contributed by atoms with Gasteiger partial charge in [0.05, 0.1) is 11.4 Å². The second-order valence-corrected chi connectivity index (χ2v) is 17.6. The van der Waals surface area contributed by atoms with Gasteiger partial charge in [0, 0.05) is 49.9 Å². The number of nitrogens with zero attached hydrogens (tertiary/aromatic N) is 2. The van der Waals surface area contributed by atoms with Crippen LogP contribution >= 0.6 is 0 Å². The zero-order valence-electron chi connectivity index (χ0n) is 36.8. The molecule has 0 atom stereocenters. The Labute approximate surface area is 391 Å². The number of benzene rings is 12. The molecule has 0 fully saturated rings. The smallest absolute Gasteiger partial charge is 0.159 e. The summed E-state index contributed by atoms with van der Waals surface area (Å²) in [7, 11) is 0. The van der Waals surface area contributed by atoms with Gasteiger partial charge in [-0.15, -0.1) is 0 Å². The Bertz CT molecular complexity index is 4260. The van der Waals surface area contributed by atoms with Crippen LogP contribution in [-0.4, -0.2) is 0 Å². The summed E-state index contributed by atoms with van der Waals surface area (Å²) in [4.78, 5) is 4.73. The van der Waals surface area contributed by atoms with Crippen LogP contribution in [0.3, 0.4) is 0 Å². The molecule has 12 aromatic carbocycles. The van der Waals surface area contributed by atoms with Crippen molar-refractivity contribution < 1.29 is 8.83 Å². The lowest BCUT2D eigenvalue weighted by molar-refractivity contribution is 0.668. The molecule has 14 rings (SSSR count). The Kier molecular flexibility index (Phi) is 8.55. The van der Waals surface area contributed by atoms with Crippen LogP contribution in [0.15, 0.2) is 251 Å². The fourth-order valence-corrected chi connectivity index (χ4v) is 10.8. The maximum Gasteiger partial charge on any atom is 0.159 e. The van der Waals surface area contributed by atoms with E-state index in [1.54, 1.807) is 0 Å². The summed E-state index contributed by atoms with van der Waals surface area (Å²) in [5.74, 6) is 0. The van der Waals surface area contributed by atoms with Crippen LogP contribution in [0.1, 0.15) is 0 Å². The fraction of sp³-hybridized carbons (Fsp3) is 0. The Hall–Kier alpha value is -9.12. The first kappa shape index (κ1) is 38.2. The van der Waals surface area contributed by atoms with Gasteiger partial charge in [0.15, 0.2) is 5.58 Å². The van der Waals surface area contributed by atoms with Crippen molar-refractivity contribution in [2.75, 3.05) is 9.80 Å². The summed E-state index contributed by atoms with van der Waals surface area (Å²) in [5.41, 5.74) is 12.1. The molecule has 14 aromatic rings. The van der Waals surface area contributed by atoms with Crippen LogP contribution < -0.4 is 9.80 Å². The molecule has 318 valence electrons. The van der Waals surface area contributed by atoms with Crippen LogP contribution in [0.4, 0.5) is 34.1 Å². The van der Waals surface area contributed by atoms with Crippen LogP contribution in [0.2, 0.25) is 0 Å². The van der Waals surface area contributed by atoms with E-state index in [0.717, 1.165) is 94.5 Å². The Balaban J connectivity index is 0.965. The quantitative estimate of drug-likeness (QED) is 0.149. The molecule has 0 radical (unpaired) electrons. The molecule has 0 aliphatic rings. The monoisotopic (exact) mass is 868 g/mol. The van der Waals surface area contributed by atoms with E-state index in [0.29, 0.717) is 0 Å². The second-order valence-electron chi connectivity index (χ2n) is 17.6. The SMILES string of the molecule is c1ccc(-c2ccccc2N(c2ccc3c(ccc4c5ccc(N(c6ccccc6)c6ccc7oc8ccccc8c7c6)cc5c5ccccc5c34)c2)c2cccc3c2oc2ccccc23)cc1. The summed E-state index contributed by atoms with van der Waals surface area (Å²) in [6.07, 6.45) is 0. The minimum atomic E-state index is 0.855. The largest absolute Gasteiger partial charge is 0.456 e. The third-order valence-corrected chi connectivity index (χ3v) is 13.8. The van der Waals surface area contributed by atoms with Gasteiger partial charge in [-0.25, -0.2) is 0 Å². The average molecular weight is 869 g/mol. The fourth-order valence-electron chi connectivity index (χ4n) is 10.8. The third kappa shape index (κ3) is 5.94. The van der Waals surface area contributed by atoms with Gasteiger partial charge < -0.3 is 18.6 Å². The van der Waals surface area contributed by atoms with Gasteiger partial charge in [0.1, 0.15) is 16.7 Å². The molecule has 0 saturated heterocycles. The number of fused-ring (bicyclic) bond motifs is 14. The van der Waals surface area contributed by atoms with E-state index < -0.39 is 0 Å². The maximum absolute atomic E-state index is 6.74. The second kappa shape index (κ2) is 15.2. The standard InChI is InChI=1S/C64H40N2O2/c1-3-16-41(17-4-1)47-20-9-12-26-58(47)66(59-27-15-25-55-51-22-10-14-29-61(51)68-64(55)59)44-31-35-48-42(38-44)30-34-54-50-36-32-45(39-56(50)49-21-7-8-24-53(49)63(48)54)65(43-18-5-2-6-19-43)46-33-37-62-57(40-46)52-23-11-13-28-60(52)67-62/h1-40H. The summed E-state index contributed by atoms with van der Waals surface area (Å²) < 4.78 is 13.0. The Morgan fingerprint density at radius 1 is 0.265 bits per heavy atom. The summed E-state index contributed by atoms with van der Waals surface area (Å²) in [5, 5.41) is 14.1. The van der Waals surface area contributed by atoms with Crippen LogP contribution in [-0.2, 0) is 0 Å². The zero-order valence-corrected chi connectivity index (χ0v) is 36.8. The molecule has 0 amide bonds. The van der Waals surface area contributed by atoms with Gasteiger partial charge in [-0.3, -0.25) is 0 Å². The van der Waals surface area contributed by atoms with E-state index in [9.17, 15) is 0 Å². The molecule has 4 nitrogen and oxygen atoms in total. The van der Waals surface area contributed by atoms with Crippen molar-refractivity contribution in [2.45, 2.75) is 0 Å². The van der Waals surface area contributed by atoms with Gasteiger partial charge in [-0.05, 0) is 128 Å². The lowest BCUT2D eigenvalue weighted by Gasteiger charge is -2.28. The highest BCUT2D eigenvalue weighted by atomic mass is 16.3. The average Bonchev–Trinajstić information content (AvgIpc) is 3.98. The van der Waals surface area contributed by atoms with E-state index >= 15 is 0 Å². The van der Waals surface area contributed by atoms with Crippen molar-refractivity contribution in [1.29, 1.82) is 0 Å². The first-order chi connectivity index (χ1) is 33.7. The predicted octanol–water partition coefficient (Wildman–Crippen LogP) is 18.7. The molecular weight excluding hydrogens is 829 g/mol. The minimum absolute atomic E-state index is 0.855. The van der Waals surface area contributed by atoms with Crippen molar-refractivity contribution >= 4 is 121 Å². The molecule has 0 bridgehead atoms. The molecule has 2 heterocycles. The van der Waals surface area contributed by atoms with Crippen LogP contribution in [0.25, 0.3) is 98.1 Å². The van der Waals surface area contributed by atoms with Gasteiger partial charge >= 0.3 is 0 Å². The highest BCUT2D eigenvalue weighted by Gasteiger charge is 2.23. The van der Waals surface area contributed by atoms with E-state index in [4.69, 9.17) is 8.83 Å². The van der Waals surface area contributed by atoms with Gasteiger partial charge in [0.2, 0.25) is 0 Å². The molecule has 0 saturated carbocycles. The van der Waals surface area contributed by atoms with Gasteiger partial charge in [-0.1, -0.05) is 164 Å². The Morgan fingerprint density at radius 3 is 1.60 bits per heavy atom. The topological polar surface area (TPSA) is 32.8 Å². The maximum atomic E-state index is 6.74. The summed E-state index contributed by atoms with van der Waals surface area (Å²) in [6.45, 7) is 0. The van der Waals surface area contributed by atoms with Crippen molar-refractivity contribution in [3.05, 3.63) is 243 Å². The lowest BCUT2D eigenvalue weighted by Crippen LogP contribution is -2.11. The Morgan fingerprint density at radius 2 is 0.794 bits per heavy atom. The molecule has 0 unspecified atom stereocenters. The van der Waals surface area contributed by atoms with E-state index in [-0.39, 0.29) is 0 Å². The molecule has 4 heteroatoms. The number of hydrogen-bond acceptors (Lipinski definition) is 4. The number of anilines is 6. The molecule has 68 heavy (non-hydrogen) atoms. The van der Waals surface area contributed by atoms with E-state index in [2.05, 4.69) is 234 Å². The minimum Gasteiger partial charge on any atom is -0.456 e. The molecule has 0 aliphatic carbocycles. The van der Waals surface area contributed by atoms with Crippen molar-refractivity contribution in [1.82, 2.24) is 0 Å². The zero-order chi connectivity index (χ0) is 44.7. The highest BCUT2D eigenvalue weighted by Crippen LogP contribution is 2.48. The van der Waals surface area contributed by atoms with E-state index in [1.165, 1.54) is 37.7 Å². The van der Waals surface area contributed by atoms with Gasteiger partial charge in [-0.2, -0.15) is 0 Å². The number of furan rings is 2. The number of para-hydroxylation sites is 5. The van der Waals surface area contributed by atoms with Crippen molar-refractivity contribution in [2.24, 2.45) is 0 Å². The molecule has 0 aliphatic heterocycles. The predicted molar refractivity (Wildman–Crippen MR) is 286 cm³/mol.